The Morgan fingerprint density at radius 2 is 1.88 bits per heavy atom. The molecule has 0 unspecified atom stereocenters. The van der Waals surface area contributed by atoms with Gasteiger partial charge in [0.15, 0.2) is 5.69 Å². The summed E-state index contributed by atoms with van der Waals surface area (Å²) in [6, 6.07) is -1.16. The van der Waals surface area contributed by atoms with E-state index in [4.69, 9.17) is 44.3 Å². The molecule has 0 aromatic carbocycles. The molecule has 0 aliphatic carbocycles. The molecule has 1 aliphatic rings. The number of carbonyl (C=O) groups excluding carboxylic acids is 3. The van der Waals surface area contributed by atoms with Crippen molar-refractivity contribution in [2.45, 2.75) is 19.9 Å². The van der Waals surface area contributed by atoms with Crippen LogP contribution in [0.5, 0.6) is 0 Å². The molecule has 1 aliphatic heterocycles. The summed E-state index contributed by atoms with van der Waals surface area (Å²) in [5.41, 5.74) is 0.00402. The van der Waals surface area contributed by atoms with Gasteiger partial charge >= 0.3 is 18.0 Å². The lowest BCUT2D eigenvalue weighted by Crippen LogP contribution is -2.50. The maximum absolute atomic E-state index is 12.2. The summed E-state index contributed by atoms with van der Waals surface area (Å²) in [7, 11) is 0. The molecule has 0 saturated heterocycles. The second-order valence-corrected chi connectivity index (χ2v) is 6.25. The van der Waals surface area contributed by atoms with Crippen LogP contribution in [-0.2, 0) is 14.3 Å². The van der Waals surface area contributed by atoms with Crippen molar-refractivity contribution in [3.8, 4) is 0 Å². The Bertz CT molecular complexity index is 797. The van der Waals surface area contributed by atoms with E-state index in [0.29, 0.717) is 0 Å². The minimum atomic E-state index is -0.898. The second kappa shape index (κ2) is 8.57. The Kier molecular flexibility index (Phi) is 6.69. The summed E-state index contributed by atoms with van der Waals surface area (Å²) in [6.07, 6.45) is 1.16. The van der Waals surface area contributed by atoms with Gasteiger partial charge in [-0.05, 0) is 13.8 Å². The number of urea groups is 1. The summed E-state index contributed by atoms with van der Waals surface area (Å²) in [5.74, 6) is -1.53. The second-order valence-electron chi connectivity index (χ2n) is 5.09. The molecule has 2 N–H and O–H groups in total. The van der Waals surface area contributed by atoms with Crippen LogP contribution in [0.25, 0.3) is 0 Å². The van der Waals surface area contributed by atoms with Gasteiger partial charge < -0.3 is 20.1 Å². The predicted octanol–water partition coefficient (Wildman–Crippen LogP) is 2.72. The van der Waals surface area contributed by atoms with Gasteiger partial charge in [-0.2, -0.15) is 0 Å². The SMILES string of the molecule is CCOC(=O)C1=C(COC(=O)c2ncc(Cl)c(Cl)c2Cl)NC(=O)N[C@H]1C. The van der Waals surface area contributed by atoms with E-state index in [-0.39, 0.29) is 38.6 Å². The van der Waals surface area contributed by atoms with E-state index in [1.165, 1.54) is 0 Å². The van der Waals surface area contributed by atoms with Crippen LogP contribution in [0.1, 0.15) is 24.3 Å². The van der Waals surface area contributed by atoms with Crippen molar-refractivity contribution in [1.82, 2.24) is 15.6 Å². The lowest BCUT2D eigenvalue weighted by Gasteiger charge is -2.26. The van der Waals surface area contributed by atoms with Crippen molar-refractivity contribution in [2.75, 3.05) is 13.2 Å². The molecule has 0 saturated carbocycles. The van der Waals surface area contributed by atoms with E-state index >= 15 is 0 Å². The number of hydrogen-bond donors (Lipinski definition) is 2. The van der Waals surface area contributed by atoms with Gasteiger partial charge in [-0.25, -0.2) is 19.4 Å². The maximum atomic E-state index is 12.2. The van der Waals surface area contributed by atoms with E-state index < -0.39 is 30.6 Å². The van der Waals surface area contributed by atoms with E-state index in [2.05, 4.69) is 15.6 Å². The number of ether oxygens (including phenoxy) is 2. The zero-order valence-electron chi connectivity index (χ0n) is 13.7. The third-order valence-corrected chi connectivity index (χ3v) is 4.56. The minimum Gasteiger partial charge on any atom is -0.463 e. The van der Waals surface area contributed by atoms with E-state index in [0.717, 1.165) is 6.20 Å². The number of carbonyl (C=O) groups is 3. The summed E-state index contributed by atoms with van der Waals surface area (Å²) < 4.78 is 10.1. The molecule has 8 nitrogen and oxygen atoms in total. The topological polar surface area (TPSA) is 107 Å². The van der Waals surface area contributed by atoms with Crippen LogP contribution < -0.4 is 10.6 Å². The van der Waals surface area contributed by atoms with Gasteiger partial charge in [-0.15, -0.1) is 0 Å². The lowest BCUT2D eigenvalue weighted by molar-refractivity contribution is -0.139. The first-order valence-corrected chi connectivity index (χ1v) is 8.53. The van der Waals surface area contributed by atoms with Gasteiger partial charge in [-0.3, -0.25) is 0 Å². The van der Waals surface area contributed by atoms with E-state index in [1.807, 2.05) is 0 Å². The molecule has 0 radical (unpaired) electrons. The number of nitrogens with one attached hydrogen (secondary N) is 2. The molecule has 11 heteroatoms. The summed E-state index contributed by atoms with van der Waals surface area (Å²) in [6.45, 7) is 3.00. The zero-order chi connectivity index (χ0) is 19.4. The van der Waals surface area contributed by atoms with Gasteiger partial charge in [0.05, 0.1) is 39.0 Å². The Labute approximate surface area is 163 Å². The average Bonchev–Trinajstić information content (AvgIpc) is 2.57. The fourth-order valence-corrected chi connectivity index (χ4v) is 2.74. The highest BCUT2D eigenvalue weighted by atomic mass is 35.5. The monoisotopic (exact) mass is 421 g/mol. The molecule has 140 valence electrons. The number of amides is 2. The third kappa shape index (κ3) is 4.38. The highest BCUT2D eigenvalue weighted by molar-refractivity contribution is 6.48. The number of hydrogen-bond acceptors (Lipinski definition) is 6. The van der Waals surface area contributed by atoms with Crippen LogP contribution in [0, 0.1) is 0 Å². The van der Waals surface area contributed by atoms with E-state index in [1.54, 1.807) is 13.8 Å². The summed E-state index contributed by atoms with van der Waals surface area (Å²) in [4.78, 5) is 39.7. The first kappa shape index (κ1) is 20.3. The van der Waals surface area contributed by atoms with E-state index in [9.17, 15) is 14.4 Å². The highest BCUT2D eigenvalue weighted by Gasteiger charge is 2.30. The normalized spacial score (nSPS) is 16.7. The molecule has 1 aromatic rings. The van der Waals surface area contributed by atoms with Crippen LogP contribution in [0.4, 0.5) is 4.79 Å². The maximum Gasteiger partial charge on any atom is 0.358 e. The van der Waals surface area contributed by atoms with Gasteiger partial charge in [0.25, 0.3) is 0 Å². The van der Waals surface area contributed by atoms with Crippen molar-refractivity contribution < 1.29 is 23.9 Å². The van der Waals surface area contributed by atoms with Gasteiger partial charge in [0.1, 0.15) is 6.61 Å². The lowest BCUT2D eigenvalue weighted by atomic mass is 10.0. The van der Waals surface area contributed by atoms with Gasteiger partial charge in [0, 0.05) is 6.20 Å². The third-order valence-electron chi connectivity index (χ3n) is 3.32. The fourth-order valence-electron chi connectivity index (χ4n) is 2.19. The van der Waals surface area contributed by atoms with Gasteiger partial charge in [0.2, 0.25) is 0 Å². The van der Waals surface area contributed by atoms with Crippen LogP contribution in [0.15, 0.2) is 17.5 Å². The Morgan fingerprint density at radius 3 is 2.54 bits per heavy atom. The average molecular weight is 423 g/mol. The molecule has 2 rings (SSSR count). The largest absolute Gasteiger partial charge is 0.463 e. The Hall–Kier alpha value is -2.03. The highest BCUT2D eigenvalue weighted by Crippen LogP contribution is 2.31. The van der Waals surface area contributed by atoms with Crippen LogP contribution in [-0.4, -0.2) is 42.2 Å². The summed E-state index contributed by atoms with van der Waals surface area (Å²) >= 11 is 17.6. The van der Waals surface area contributed by atoms with Gasteiger partial charge in [-0.1, -0.05) is 34.8 Å². The summed E-state index contributed by atoms with van der Waals surface area (Å²) in [5, 5.41) is 4.84. The van der Waals surface area contributed by atoms with Crippen LogP contribution in [0.3, 0.4) is 0 Å². The standard InChI is InChI=1S/C15H14Cl3N3O5/c1-3-25-13(22)9-6(2)20-15(24)21-8(9)5-26-14(23)12-11(18)10(17)7(16)4-19-12/h4,6H,3,5H2,1-2H3,(H2,20,21,24)/t6-/m0/s1. The Morgan fingerprint density at radius 1 is 1.19 bits per heavy atom. The number of halogens is 3. The first-order valence-electron chi connectivity index (χ1n) is 7.40. The number of nitrogens with zero attached hydrogens (tertiary/aromatic N) is 1. The predicted molar refractivity (Wildman–Crippen MR) is 94.3 cm³/mol. The van der Waals surface area contributed by atoms with Crippen molar-refractivity contribution in [3.05, 3.63) is 38.2 Å². The molecule has 0 bridgehead atoms. The molecule has 26 heavy (non-hydrogen) atoms. The van der Waals surface area contributed by atoms with Crippen molar-refractivity contribution in [3.63, 3.8) is 0 Å². The molecule has 0 fully saturated rings. The van der Waals surface area contributed by atoms with Crippen molar-refractivity contribution in [2.24, 2.45) is 0 Å². The van der Waals surface area contributed by atoms with Crippen molar-refractivity contribution in [1.29, 1.82) is 0 Å². The molecular formula is C15H14Cl3N3O5. The fraction of sp³-hybridized carbons (Fsp3) is 0.333. The smallest absolute Gasteiger partial charge is 0.358 e. The zero-order valence-corrected chi connectivity index (χ0v) is 16.0. The number of esters is 2. The molecule has 1 atom stereocenters. The van der Waals surface area contributed by atoms with Crippen LogP contribution in [0.2, 0.25) is 15.1 Å². The van der Waals surface area contributed by atoms with Crippen molar-refractivity contribution >= 4 is 52.8 Å². The quantitative estimate of drug-likeness (QED) is 0.707. The molecule has 0 spiro atoms. The molecule has 1 aromatic heterocycles. The number of pyridine rings is 1. The molecule has 2 amide bonds. The van der Waals surface area contributed by atoms with Crippen LogP contribution >= 0.6 is 34.8 Å². The molecule has 2 heterocycles. The minimum absolute atomic E-state index is 0.0366. The molecular weight excluding hydrogens is 409 g/mol. The number of aromatic nitrogens is 1. The number of rotatable bonds is 5. The Balaban J connectivity index is 2.23. The first-order chi connectivity index (χ1) is 12.3.